The van der Waals surface area contributed by atoms with Crippen molar-refractivity contribution in [3.8, 4) is 35.0 Å². The monoisotopic (exact) mass is 634 g/mol. The minimum Gasteiger partial charge on any atom is -0.437 e. The minimum atomic E-state index is -4.02. The Morgan fingerprint density at radius 1 is 1.07 bits per heavy atom. The molecule has 0 radical (unpaired) electrons. The van der Waals surface area contributed by atoms with Crippen LogP contribution in [0.1, 0.15) is 29.5 Å². The molecular formula is C34H29FN7O3S+. The lowest BCUT2D eigenvalue weighted by Crippen LogP contribution is -2.28. The fourth-order valence-corrected chi connectivity index (χ4v) is 6.44. The van der Waals surface area contributed by atoms with Crippen molar-refractivity contribution in [2.45, 2.75) is 25.5 Å². The number of fused-ring (bicyclic) bond motifs is 1. The number of aryl methyl sites for hydroxylation is 1. The second-order valence-corrected chi connectivity index (χ2v) is 12.6. The van der Waals surface area contributed by atoms with Crippen molar-refractivity contribution in [1.29, 1.82) is 5.26 Å². The van der Waals surface area contributed by atoms with Crippen LogP contribution in [0, 0.1) is 36.1 Å². The Hall–Kier alpha value is -5.43. The van der Waals surface area contributed by atoms with Crippen LogP contribution in [0.2, 0.25) is 0 Å². The van der Waals surface area contributed by atoms with Gasteiger partial charge in [-0.2, -0.15) is 10.1 Å². The molecule has 5 aromatic rings. The van der Waals surface area contributed by atoms with E-state index in [2.05, 4.69) is 35.9 Å². The summed E-state index contributed by atoms with van der Waals surface area (Å²) >= 11 is 0. The zero-order valence-corrected chi connectivity index (χ0v) is 25.7. The topological polar surface area (TPSA) is 134 Å². The Bertz CT molecular complexity index is 2130. The number of hydrogen-bond donors (Lipinski definition) is 2. The van der Waals surface area contributed by atoms with Crippen molar-refractivity contribution in [3.05, 3.63) is 106 Å². The number of ether oxygens (including phenoxy) is 1. The highest BCUT2D eigenvalue weighted by Crippen LogP contribution is 2.40. The first kappa shape index (κ1) is 30.6. The summed E-state index contributed by atoms with van der Waals surface area (Å²) in [6.45, 7) is 3.65. The number of sulfonamides is 1. The number of pyridine rings is 1. The van der Waals surface area contributed by atoms with Crippen LogP contribution in [-0.4, -0.2) is 36.5 Å². The van der Waals surface area contributed by atoms with E-state index in [0.717, 1.165) is 31.5 Å². The maximum absolute atomic E-state index is 15.2. The molecule has 1 unspecified atom stereocenters. The normalized spacial score (nSPS) is 14.6. The van der Waals surface area contributed by atoms with Crippen LogP contribution in [0.15, 0.2) is 79.1 Å². The molecule has 0 saturated carbocycles. The summed E-state index contributed by atoms with van der Waals surface area (Å²) in [5.41, 5.74) is 2.53. The molecule has 0 aliphatic carbocycles. The van der Waals surface area contributed by atoms with Crippen LogP contribution in [0.5, 0.6) is 11.6 Å². The molecule has 12 heteroatoms. The number of hydrogen-bond acceptors (Lipinski definition) is 8. The van der Waals surface area contributed by atoms with E-state index in [1.165, 1.54) is 18.2 Å². The predicted octanol–water partition coefficient (Wildman–Crippen LogP) is 6.71. The van der Waals surface area contributed by atoms with E-state index in [4.69, 9.17) is 10.00 Å². The molecule has 1 aliphatic heterocycles. The van der Waals surface area contributed by atoms with E-state index in [0.29, 0.717) is 38.9 Å². The first-order chi connectivity index (χ1) is 22.3. The fourth-order valence-electron chi connectivity index (χ4n) is 5.21. The number of nitriles is 1. The van der Waals surface area contributed by atoms with E-state index >= 15 is 4.39 Å². The van der Waals surface area contributed by atoms with Gasteiger partial charge in [0.15, 0.2) is 5.69 Å². The maximum Gasteiger partial charge on any atom is 0.530 e. The lowest BCUT2D eigenvalue weighted by Gasteiger charge is -2.16. The van der Waals surface area contributed by atoms with Crippen molar-refractivity contribution in [2.24, 2.45) is 5.92 Å². The number of piperidine rings is 1. The molecule has 0 amide bonds. The summed E-state index contributed by atoms with van der Waals surface area (Å²) < 4.78 is 50.3. The van der Waals surface area contributed by atoms with Crippen LogP contribution >= 0.6 is 0 Å². The number of benzene rings is 3. The lowest BCUT2D eigenvalue weighted by atomic mass is 10.0. The number of halogens is 1. The third-order valence-electron chi connectivity index (χ3n) is 7.53. The Morgan fingerprint density at radius 2 is 1.89 bits per heavy atom. The second kappa shape index (κ2) is 13.3. The Morgan fingerprint density at radius 3 is 2.67 bits per heavy atom. The van der Waals surface area contributed by atoms with Crippen molar-refractivity contribution < 1.29 is 17.5 Å². The van der Waals surface area contributed by atoms with E-state index in [9.17, 15) is 8.42 Å². The molecule has 0 spiro atoms. The molecule has 1 fully saturated rings. The van der Waals surface area contributed by atoms with Crippen LogP contribution in [0.3, 0.4) is 0 Å². The van der Waals surface area contributed by atoms with Gasteiger partial charge in [-0.25, -0.2) is 17.8 Å². The maximum atomic E-state index is 15.2. The molecule has 2 aromatic heterocycles. The molecule has 0 bridgehead atoms. The third kappa shape index (κ3) is 6.94. The fraction of sp³-hybridized carbons (Fsp3) is 0.206. The molecule has 1 saturated heterocycles. The second-order valence-electron chi connectivity index (χ2n) is 10.9. The van der Waals surface area contributed by atoms with Crippen LogP contribution in [0.4, 0.5) is 16.0 Å². The van der Waals surface area contributed by atoms with Gasteiger partial charge < -0.3 is 10.1 Å². The minimum absolute atomic E-state index is 0.194. The van der Waals surface area contributed by atoms with E-state index in [-0.39, 0.29) is 23.4 Å². The number of rotatable bonds is 7. The molecule has 46 heavy (non-hydrogen) atoms. The van der Waals surface area contributed by atoms with Crippen LogP contribution < -0.4 is 14.8 Å². The van der Waals surface area contributed by atoms with Gasteiger partial charge in [0.1, 0.15) is 23.8 Å². The molecule has 10 nitrogen and oxygen atoms in total. The van der Waals surface area contributed by atoms with Gasteiger partial charge in [0.05, 0.1) is 34.6 Å². The SMILES string of the molecule is Cc1ccc2c(NS(=O)(=O)Cc3ccc(C#N)cc3)c(F)ccc2c1Oc1ncccc1-c1ccnc([N+]#CC2CCCNC2)n1. The molecule has 230 valence electrons. The Labute approximate surface area is 265 Å². The number of nitrogens with zero attached hydrogens (tertiary/aromatic N) is 5. The largest absolute Gasteiger partial charge is 0.530 e. The number of aromatic nitrogens is 3. The van der Waals surface area contributed by atoms with E-state index in [1.54, 1.807) is 54.9 Å². The molecule has 1 aliphatic rings. The standard InChI is InChI=1S/C34H29FN7O3S/c1-22-6-11-26-27(12-13-29(35)31(26)42-46(43,44)21-24-9-7-23(18-36)8-10-24)32(22)45-33-28(5-3-16-38-33)30-14-17-39-34(41-30)40-20-25-4-2-15-37-19-25/h3,5-14,16-17,25,37,42H,2,4,15,19,21H2,1H3/q+1. The van der Waals surface area contributed by atoms with Gasteiger partial charge >= 0.3 is 5.95 Å². The predicted molar refractivity (Wildman–Crippen MR) is 174 cm³/mol. The summed E-state index contributed by atoms with van der Waals surface area (Å²) in [5, 5.41) is 13.1. The van der Waals surface area contributed by atoms with Crippen LogP contribution in [-0.2, 0) is 15.8 Å². The zero-order chi connectivity index (χ0) is 32.1. The molecule has 3 heterocycles. The summed E-state index contributed by atoms with van der Waals surface area (Å²) in [5.74, 6) is -0.0363. The molecule has 6 rings (SSSR count). The molecule has 1 atom stereocenters. The Kier molecular flexibility index (Phi) is 8.83. The first-order valence-corrected chi connectivity index (χ1v) is 16.3. The van der Waals surface area contributed by atoms with E-state index in [1.807, 2.05) is 19.1 Å². The van der Waals surface area contributed by atoms with Gasteiger partial charge in [-0.1, -0.05) is 34.2 Å². The quantitative estimate of drug-likeness (QED) is 0.202. The number of anilines is 1. The number of nitrogens with one attached hydrogen (secondary N) is 2. The zero-order valence-electron chi connectivity index (χ0n) is 24.9. The van der Waals surface area contributed by atoms with Gasteiger partial charge in [-0.3, -0.25) is 4.72 Å². The molecule has 2 N–H and O–H groups in total. The average Bonchev–Trinajstić information content (AvgIpc) is 3.07. The average molecular weight is 635 g/mol. The highest BCUT2D eigenvalue weighted by molar-refractivity contribution is 7.91. The lowest BCUT2D eigenvalue weighted by molar-refractivity contribution is 0.449. The summed E-state index contributed by atoms with van der Waals surface area (Å²) in [4.78, 5) is 17.7. The van der Waals surface area contributed by atoms with Crippen molar-refractivity contribution in [1.82, 2.24) is 20.3 Å². The van der Waals surface area contributed by atoms with Crippen molar-refractivity contribution in [2.75, 3.05) is 17.8 Å². The highest BCUT2D eigenvalue weighted by Gasteiger charge is 2.22. The smallest absolute Gasteiger partial charge is 0.437 e. The van der Waals surface area contributed by atoms with Gasteiger partial charge in [0.25, 0.3) is 0 Å². The van der Waals surface area contributed by atoms with Crippen LogP contribution in [0.25, 0.3) is 26.9 Å². The first-order valence-electron chi connectivity index (χ1n) is 14.6. The Balaban J connectivity index is 1.32. The third-order valence-corrected chi connectivity index (χ3v) is 8.76. The highest BCUT2D eigenvalue weighted by atomic mass is 32.2. The summed E-state index contributed by atoms with van der Waals surface area (Å²) in [6.07, 6.45) is 5.27. The van der Waals surface area contributed by atoms with Gasteiger partial charge in [0, 0.05) is 29.6 Å². The molecule has 3 aromatic carbocycles. The summed E-state index contributed by atoms with van der Waals surface area (Å²) in [7, 11) is -4.02. The van der Waals surface area contributed by atoms with E-state index < -0.39 is 21.6 Å². The summed E-state index contributed by atoms with van der Waals surface area (Å²) in [6, 6.07) is 22.7. The van der Waals surface area contributed by atoms with Crippen molar-refractivity contribution >= 4 is 32.4 Å². The molecular weight excluding hydrogens is 605 g/mol. The van der Waals surface area contributed by atoms with Crippen molar-refractivity contribution in [3.63, 3.8) is 0 Å². The van der Waals surface area contributed by atoms with Gasteiger partial charge in [0.2, 0.25) is 15.9 Å². The van der Waals surface area contributed by atoms with Gasteiger partial charge in [-0.15, -0.1) is 0 Å². The van der Waals surface area contributed by atoms with Gasteiger partial charge in [-0.05, 0) is 73.8 Å².